The summed E-state index contributed by atoms with van der Waals surface area (Å²) in [6.07, 6.45) is -0.709. The van der Waals surface area contributed by atoms with Gasteiger partial charge < -0.3 is 10.2 Å². The molecule has 11 heteroatoms. The molecule has 31 heavy (non-hydrogen) atoms. The van der Waals surface area contributed by atoms with Gasteiger partial charge in [-0.25, -0.2) is 9.97 Å². The lowest BCUT2D eigenvalue weighted by Crippen LogP contribution is -2.34. The van der Waals surface area contributed by atoms with Crippen molar-refractivity contribution in [3.8, 4) is 0 Å². The van der Waals surface area contributed by atoms with E-state index in [-0.39, 0.29) is 11.4 Å². The molecule has 0 unspecified atom stereocenters. The number of hydrogen-bond acceptors (Lipinski definition) is 7. The topological polar surface area (TPSA) is 71.0 Å². The second-order valence-corrected chi connectivity index (χ2v) is 9.38. The molecule has 0 bridgehead atoms. The Morgan fingerprint density at radius 1 is 1.35 bits per heavy atom. The molecule has 0 radical (unpaired) electrons. The number of nitrogens with one attached hydrogen (secondary N) is 1. The predicted octanol–water partition coefficient (Wildman–Crippen LogP) is 5.07. The van der Waals surface area contributed by atoms with Gasteiger partial charge in [-0.05, 0) is 37.0 Å². The number of halogens is 3. The van der Waals surface area contributed by atoms with E-state index in [0.29, 0.717) is 16.6 Å². The zero-order valence-electron chi connectivity index (χ0n) is 16.6. The van der Waals surface area contributed by atoms with Crippen LogP contribution in [0.15, 0.2) is 35.6 Å². The lowest BCUT2D eigenvalue weighted by Gasteiger charge is -2.30. The average Bonchev–Trinajstić information content (AvgIpc) is 3.17. The number of anilines is 2. The summed E-state index contributed by atoms with van der Waals surface area (Å²) in [6, 6.07) is 4.57. The van der Waals surface area contributed by atoms with Crippen molar-refractivity contribution in [2.45, 2.75) is 31.0 Å². The van der Waals surface area contributed by atoms with Gasteiger partial charge in [0.05, 0.1) is 11.3 Å². The minimum absolute atomic E-state index is 0.0103. The van der Waals surface area contributed by atoms with Crippen molar-refractivity contribution in [1.82, 2.24) is 15.0 Å². The number of rotatable bonds is 5. The van der Waals surface area contributed by atoms with Crippen LogP contribution in [0, 0.1) is 5.92 Å². The third-order valence-corrected chi connectivity index (χ3v) is 7.12. The van der Waals surface area contributed by atoms with Crippen LogP contribution in [-0.2, 0) is 11.0 Å². The Bertz CT molecular complexity index is 1090. The third kappa shape index (κ3) is 5.27. The van der Waals surface area contributed by atoms with Gasteiger partial charge in [0.25, 0.3) is 0 Å². The van der Waals surface area contributed by atoms with E-state index in [1.54, 1.807) is 0 Å². The molecular formula is C20H20F3N5OS2. The fourth-order valence-corrected chi connectivity index (χ4v) is 5.35. The Kier molecular flexibility index (Phi) is 6.33. The number of carbonyl (C=O) groups excluding carboxylic acids is 1. The third-order valence-electron chi connectivity index (χ3n) is 4.89. The molecule has 1 aliphatic rings. The van der Waals surface area contributed by atoms with E-state index in [1.165, 1.54) is 48.0 Å². The molecule has 0 aliphatic carbocycles. The number of carbonyl (C=O) groups is 1. The summed E-state index contributed by atoms with van der Waals surface area (Å²) in [4.78, 5) is 27.7. The molecule has 4 rings (SSSR count). The summed E-state index contributed by atoms with van der Waals surface area (Å²) < 4.78 is 39.3. The lowest BCUT2D eigenvalue weighted by molar-refractivity contribution is -0.137. The highest BCUT2D eigenvalue weighted by atomic mass is 32.2. The summed E-state index contributed by atoms with van der Waals surface area (Å²) in [5.41, 5.74) is -0.110. The van der Waals surface area contributed by atoms with Crippen LogP contribution in [0.2, 0.25) is 0 Å². The van der Waals surface area contributed by atoms with Crippen LogP contribution in [0.5, 0.6) is 0 Å². The van der Waals surface area contributed by atoms with E-state index in [0.717, 1.165) is 41.5 Å². The van der Waals surface area contributed by atoms with E-state index < -0.39 is 17.6 Å². The number of hydrogen-bond donors (Lipinski definition) is 1. The van der Waals surface area contributed by atoms with E-state index >= 15 is 0 Å². The lowest BCUT2D eigenvalue weighted by atomic mass is 10.0. The first-order valence-corrected chi connectivity index (χ1v) is 11.6. The first kappa shape index (κ1) is 21.8. The average molecular weight is 468 g/mol. The number of benzene rings is 1. The molecule has 0 spiro atoms. The zero-order valence-corrected chi connectivity index (χ0v) is 18.3. The number of alkyl halides is 3. The van der Waals surface area contributed by atoms with Gasteiger partial charge in [-0.15, -0.1) is 0 Å². The maximum Gasteiger partial charge on any atom is 0.416 e. The van der Waals surface area contributed by atoms with Crippen LogP contribution < -0.4 is 10.2 Å². The fourth-order valence-electron chi connectivity index (χ4n) is 3.43. The van der Waals surface area contributed by atoms with E-state index in [9.17, 15) is 18.0 Å². The second kappa shape index (κ2) is 8.99. The molecule has 3 heterocycles. The SMILES string of the molecule is C[C@@H]1CCCN(c2nc3ncnc(SCC(=O)Nc4cccc(C(F)(F)F)c4)c3s2)C1. The largest absolute Gasteiger partial charge is 0.416 e. The summed E-state index contributed by atoms with van der Waals surface area (Å²) in [5, 5.41) is 4.05. The molecule has 3 aromatic rings. The number of fused-ring (bicyclic) bond motifs is 1. The van der Waals surface area contributed by atoms with Gasteiger partial charge in [-0.1, -0.05) is 36.1 Å². The van der Waals surface area contributed by atoms with Crippen LogP contribution in [-0.4, -0.2) is 39.7 Å². The molecule has 1 atom stereocenters. The van der Waals surface area contributed by atoms with Crippen LogP contribution in [0.25, 0.3) is 10.3 Å². The molecule has 1 N–H and O–H groups in total. The van der Waals surface area contributed by atoms with Crippen molar-refractivity contribution in [1.29, 1.82) is 0 Å². The Labute approximate surface area is 185 Å². The van der Waals surface area contributed by atoms with Crippen molar-refractivity contribution in [3.05, 3.63) is 36.2 Å². The molecule has 1 aliphatic heterocycles. The number of thiazole rings is 1. The van der Waals surface area contributed by atoms with E-state index in [1.807, 2.05) is 0 Å². The molecule has 2 aromatic heterocycles. The fraction of sp³-hybridized carbons (Fsp3) is 0.400. The molecule has 6 nitrogen and oxygen atoms in total. The summed E-state index contributed by atoms with van der Waals surface area (Å²) >= 11 is 2.72. The van der Waals surface area contributed by atoms with Crippen LogP contribution in [0.3, 0.4) is 0 Å². The quantitative estimate of drug-likeness (QED) is 0.417. The zero-order chi connectivity index (χ0) is 22.0. The minimum Gasteiger partial charge on any atom is -0.348 e. The van der Waals surface area contributed by atoms with Crippen molar-refractivity contribution in [2.75, 3.05) is 29.1 Å². The Morgan fingerprint density at radius 2 is 2.19 bits per heavy atom. The summed E-state index contributed by atoms with van der Waals surface area (Å²) in [5.74, 6) is 0.210. The molecule has 0 saturated carbocycles. The number of nitrogens with zero attached hydrogens (tertiary/aromatic N) is 4. The molecule has 1 saturated heterocycles. The summed E-state index contributed by atoms with van der Waals surface area (Å²) in [6.45, 7) is 4.14. The number of piperidine rings is 1. The monoisotopic (exact) mass is 467 g/mol. The van der Waals surface area contributed by atoms with Gasteiger partial charge in [0.1, 0.15) is 16.1 Å². The van der Waals surface area contributed by atoms with Gasteiger partial charge in [0, 0.05) is 18.8 Å². The standard InChI is InChI=1S/C20H20F3N5OS2/c1-12-4-3-7-28(9-12)19-27-17-16(31-19)18(25-11-24-17)30-10-15(29)26-14-6-2-5-13(8-14)20(21,22)23/h2,5-6,8,11-12H,3-4,7,9-10H2,1H3,(H,26,29)/t12-/m1/s1. The van der Waals surface area contributed by atoms with Crippen LogP contribution >= 0.6 is 23.1 Å². The van der Waals surface area contributed by atoms with Gasteiger partial charge in [-0.2, -0.15) is 18.2 Å². The molecule has 1 aromatic carbocycles. The first-order chi connectivity index (χ1) is 14.8. The summed E-state index contributed by atoms with van der Waals surface area (Å²) in [7, 11) is 0. The molecule has 164 valence electrons. The van der Waals surface area contributed by atoms with E-state index in [4.69, 9.17) is 0 Å². The highest BCUT2D eigenvalue weighted by Gasteiger charge is 2.30. The normalized spacial score (nSPS) is 17.2. The Hall–Kier alpha value is -2.40. The van der Waals surface area contributed by atoms with Crippen molar-refractivity contribution in [2.24, 2.45) is 5.92 Å². The van der Waals surface area contributed by atoms with Gasteiger partial charge >= 0.3 is 6.18 Å². The maximum absolute atomic E-state index is 12.8. The van der Waals surface area contributed by atoms with Gasteiger partial charge in [-0.3, -0.25) is 4.79 Å². The van der Waals surface area contributed by atoms with Crippen LogP contribution in [0.1, 0.15) is 25.3 Å². The van der Waals surface area contributed by atoms with Gasteiger partial charge in [0.15, 0.2) is 10.8 Å². The molecule has 1 amide bonds. The number of thioether (sulfide) groups is 1. The molecular weight excluding hydrogens is 447 g/mol. The number of amides is 1. The molecule has 1 fully saturated rings. The number of aromatic nitrogens is 3. The minimum atomic E-state index is -4.46. The van der Waals surface area contributed by atoms with Crippen molar-refractivity contribution >= 4 is 50.2 Å². The Balaban J connectivity index is 1.43. The van der Waals surface area contributed by atoms with Gasteiger partial charge in [0.2, 0.25) is 5.91 Å². The van der Waals surface area contributed by atoms with Crippen molar-refractivity contribution < 1.29 is 18.0 Å². The van der Waals surface area contributed by atoms with E-state index in [2.05, 4.69) is 32.1 Å². The Morgan fingerprint density at radius 3 is 2.97 bits per heavy atom. The highest BCUT2D eigenvalue weighted by Crippen LogP contribution is 2.35. The smallest absolute Gasteiger partial charge is 0.348 e. The highest BCUT2D eigenvalue weighted by molar-refractivity contribution is 8.00. The predicted molar refractivity (Wildman–Crippen MR) is 117 cm³/mol. The second-order valence-electron chi connectivity index (χ2n) is 7.44. The maximum atomic E-state index is 12.8. The van der Waals surface area contributed by atoms with Crippen LogP contribution in [0.4, 0.5) is 24.0 Å². The van der Waals surface area contributed by atoms with Crippen molar-refractivity contribution in [3.63, 3.8) is 0 Å². The first-order valence-electron chi connectivity index (χ1n) is 9.76.